The number of aliphatic hydroxyl groups is 1. The first kappa shape index (κ1) is 12.9. The van der Waals surface area contributed by atoms with Crippen LogP contribution < -0.4 is 4.74 Å². The van der Waals surface area contributed by atoms with Crippen molar-refractivity contribution in [1.82, 2.24) is 4.90 Å². The van der Waals surface area contributed by atoms with Gasteiger partial charge in [0.2, 0.25) is 0 Å². The zero-order valence-corrected chi connectivity index (χ0v) is 11.2. The number of methoxy groups -OCH3 is 1. The normalized spacial score (nSPS) is 34.5. The summed E-state index contributed by atoms with van der Waals surface area (Å²) < 4.78 is 18.9. The highest BCUT2D eigenvalue weighted by Gasteiger charge is 2.52. The molecule has 0 amide bonds. The molecule has 3 atom stereocenters. The van der Waals surface area contributed by atoms with E-state index in [0.717, 1.165) is 18.6 Å². The van der Waals surface area contributed by atoms with Crippen molar-refractivity contribution in [2.45, 2.75) is 37.0 Å². The lowest BCUT2D eigenvalue weighted by Gasteiger charge is -2.33. The Morgan fingerprint density at radius 2 is 2.16 bits per heavy atom. The summed E-state index contributed by atoms with van der Waals surface area (Å²) in [7, 11) is 1.65. The average molecular weight is 265 g/mol. The first-order valence-electron chi connectivity index (χ1n) is 6.84. The maximum atomic E-state index is 13.7. The van der Waals surface area contributed by atoms with Crippen LogP contribution in [0.2, 0.25) is 0 Å². The second-order valence-electron chi connectivity index (χ2n) is 5.66. The Morgan fingerprint density at radius 1 is 1.42 bits per heavy atom. The van der Waals surface area contributed by atoms with Crippen LogP contribution in [-0.4, -0.2) is 42.0 Å². The van der Waals surface area contributed by atoms with Crippen molar-refractivity contribution < 1.29 is 14.2 Å². The van der Waals surface area contributed by atoms with E-state index in [1.54, 1.807) is 7.11 Å². The van der Waals surface area contributed by atoms with Gasteiger partial charge in [0.15, 0.2) is 0 Å². The number of halogens is 1. The van der Waals surface area contributed by atoms with Crippen molar-refractivity contribution in [2.75, 3.05) is 20.3 Å². The monoisotopic (exact) mass is 265 g/mol. The summed E-state index contributed by atoms with van der Waals surface area (Å²) in [5, 5.41) is 9.66. The predicted octanol–water partition coefficient (Wildman–Crippen LogP) is 2.30. The summed E-state index contributed by atoms with van der Waals surface area (Å²) in [6.45, 7) is 0.497. The lowest BCUT2D eigenvalue weighted by Crippen LogP contribution is -2.42. The molecule has 2 unspecified atom stereocenters. The third-order valence-electron chi connectivity index (χ3n) is 4.66. The van der Waals surface area contributed by atoms with Crippen LogP contribution in [0, 0.1) is 0 Å². The molecule has 1 aromatic rings. The molecule has 2 aliphatic heterocycles. The number of nitrogens with zero attached hydrogens (tertiary/aromatic N) is 1. The zero-order chi connectivity index (χ0) is 13.5. The van der Waals surface area contributed by atoms with Crippen molar-refractivity contribution in [1.29, 1.82) is 0 Å². The second-order valence-corrected chi connectivity index (χ2v) is 5.66. The van der Waals surface area contributed by atoms with Crippen molar-refractivity contribution in [3.63, 3.8) is 0 Å². The fourth-order valence-corrected chi connectivity index (χ4v) is 3.67. The molecule has 0 bridgehead atoms. The highest BCUT2D eigenvalue weighted by Crippen LogP contribution is 2.49. The highest BCUT2D eigenvalue weighted by molar-refractivity contribution is 5.31. The summed E-state index contributed by atoms with van der Waals surface area (Å²) in [6, 6.07) is 8.19. The first-order valence-corrected chi connectivity index (χ1v) is 6.84. The number of benzene rings is 1. The summed E-state index contributed by atoms with van der Waals surface area (Å²) in [5.41, 5.74) is 0.856. The SMILES string of the molecule is COc1ccc(C2CCC3(CO)C[C@@H](F)CN23)cc1. The lowest BCUT2D eigenvalue weighted by molar-refractivity contribution is 0.0776. The molecule has 2 fully saturated rings. The average Bonchev–Trinajstić information content (AvgIpc) is 2.93. The minimum Gasteiger partial charge on any atom is -0.497 e. The van der Waals surface area contributed by atoms with E-state index >= 15 is 0 Å². The van der Waals surface area contributed by atoms with Crippen LogP contribution in [0.4, 0.5) is 4.39 Å². The number of ether oxygens (including phenoxy) is 1. The van der Waals surface area contributed by atoms with Crippen LogP contribution in [-0.2, 0) is 0 Å². The number of alkyl halides is 1. The maximum absolute atomic E-state index is 13.7. The third-order valence-corrected chi connectivity index (χ3v) is 4.66. The molecular formula is C15H20FNO2. The zero-order valence-electron chi connectivity index (χ0n) is 11.2. The number of hydrogen-bond acceptors (Lipinski definition) is 3. The Hall–Kier alpha value is -1.13. The molecule has 1 aromatic carbocycles. The Balaban J connectivity index is 1.85. The molecule has 2 saturated heterocycles. The van der Waals surface area contributed by atoms with Gasteiger partial charge < -0.3 is 9.84 Å². The fourth-order valence-electron chi connectivity index (χ4n) is 3.67. The molecule has 2 heterocycles. The largest absolute Gasteiger partial charge is 0.497 e. The molecule has 0 aromatic heterocycles. The predicted molar refractivity (Wildman–Crippen MR) is 71.0 cm³/mol. The van der Waals surface area contributed by atoms with Gasteiger partial charge in [0.1, 0.15) is 11.9 Å². The van der Waals surface area contributed by atoms with Crippen molar-refractivity contribution in [2.24, 2.45) is 0 Å². The van der Waals surface area contributed by atoms with Crippen LogP contribution in [0.3, 0.4) is 0 Å². The van der Waals surface area contributed by atoms with E-state index in [-0.39, 0.29) is 18.2 Å². The molecule has 0 radical (unpaired) electrons. The van der Waals surface area contributed by atoms with E-state index in [4.69, 9.17) is 4.74 Å². The molecule has 0 saturated carbocycles. The standard InChI is InChI=1S/C15H20FNO2/c1-19-13-4-2-11(3-5-13)14-6-7-15(10-18)8-12(16)9-17(14)15/h2-5,12,14,18H,6-10H2,1H3/t12-,14?,15?/m1/s1. The number of rotatable bonds is 3. The number of hydrogen-bond donors (Lipinski definition) is 1. The molecule has 3 nitrogen and oxygen atoms in total. The van der Waals surface area contributed by atoms with Crippen LogP contribution in [0.1, 0.15) is 30.9 Å². The third kappa shape index (κ3) is 2.03. The van der Waals surface area contributed by atoms with E-state index in [9.17, 15) is 9.50 Å². The van der Waals surface area contributed by atoms with Crippen molar-refractivity contribution in [3.05, 3.63) is 29.8 Å². The van der Waals surface area contributed by atoms with E-state index in [1.165, 1.54) is 5.56 Å². The van der Waals surface area contributed by atoms with Crippen molar-refractivity contribution in [3.8, 4) is 5.75 Å². The van der Waals surface area contributed by atoms with Crippen LogP contribution in [0.5, 0.6) is 5.75 Å². The van der Waals surface area contributed by atoms with Gasteiger partial charge in [0.05, 0.1) is 13.7 Å². The van der Waals surface area contributed by atoms with Gasteiger partial charge in [-0.25, -0.2) is 4.39 Å². The summed E-state index contributed by atoms with van der Waals surface area (Å²) >= 11 is 0. The van der Waals surface area contributed by atoms with Gasteiger partial charge in [-0.15, -0.1) is 0 Å². The Morgan fingerprint density at radius 3 is 2.79 bits per heavy atom. The second kappa shape index (κ2) is 4.76. The number of aliphatic hydroxyl groups excluding tert-OH is 1. The number of fused-ring (bicyclic) bond motifs is 1. The van der Waals surface area contributed by atoms with Gasteiger partial charge >= 0.3 is 0 Å². The van der Waals surface area contributed by atoms with Gasteiger partial charge in [-0.2, -0.15) is 0 Å². The lowest BCUT2D eigenvalue weighted by atomic mass is 9.94. The Kier molecular flexibility index (Phi) is 3.23. The molecule has 104 valence electrons. The molecule has 4 heteroatoms. The molecular weight excluding hydrogens is 245 g/mol. The summed E-state index contributed by atoms with van der Waals surface area (Å²) in [6.07, 6.45) is 1.52. The van der Waals surface area contributed by atoms with E-state index in [2.05, 4.69) is 4.90 Å². The summed E-state index contributed by atoms with van der Waals surface area (Å²) in [4.78, 5) is 2.17. The molecule has 2 aliphatic rings. The highest BCUT2D eigenvalue weighted by atomic mass is 19.1. The molecule has 3 rings (SSSR count). The Bertz CT molecular complexity index is 450. The van der Waals surface area contributed by atoms with Crippen molar-refractivity contribution >= 4 is 0 Å². The van der Waals surface area contributed by atoms with E-state index in [1.807, 2.05) is 24.3 Å². The Labute approximate surface area is 113 Å². The van der Waals surface area contributed by atoms with Gasteiger partial charge in [-0.1, -0.05) is 12.1 Å². The maximum Gasteiger partial charge on any atom is 0.118 e. The smallest absolute Gasteiger partial charge is 0.118 e. The first-order chi connectivity index (χ1) is 9.18. The van der Waals surface area contributed by atoms with Crippen LogP contribution in [0.15, 0.2) is 24.3 Å². The molecule has 1 N–H and O–H groups in total. The molecule has 19 heavy (non-hydrogen) atoms. The van der Waals surface area contributed by atoms with E-state index < -0.39 is 6.17 Å². The van der Waals surface area contributed by atoms with Crippen LogP contribution in [0.25, 0.3) is 0 Å². The van der Waals surface area contributed by atoms with Gasteiger partial charge in [0.25, 0.3) is 0 Å². The fraction of sp³-hybridized carbons (Fsp3) is 0.600. The summed E-state index contributed by atoms with van der Waals surface area (Å²) in [5.74, 6) is 0.833. The minimum absolute atomic E-state index is 0.0556. The van der Waals surface area contributed by atoms with E-state index in [0.29, 0.717) is 13.0 Å². The van der Waals surface area contributed by atoms with Gasteiger partial charge in [0, 0.05) is 24.5 Å². The topological polar surface area (TPSA) is 32.7 Å². The minimum atomic E-state index is -0.812. The van der Waals surface area contributed by atoms with Gasteiger partial charge in [-0.05, 0) is 30.5 Å². The van der Waals surface area contributed by atoms with Crippen LogP contribution >= 0.6 is 0 Å². The molecule has 0 spiro atoms. The van der Waals surface area contributed by atoms with Gasteiger partial charge in [-0.3, -0.25) is 4.90 Å². The quantitative estimate of drug-likeness (QED) is 0.910. The molecule has 0 aliphatic carbocycles.